The van der Waals surface area contributed by atoms with Crippen molar-refractivity contribution < 1.29 is 5.11 Å². The third kappa shape index (κ3) is 3.72. The highest BCUT2D eigenvalue weighted by atomic mass is 32.2. The van der Waals surface area contributed by atoms with Crippen molar-refractivity contribution in [3.63, 3.8) is 0 Å². The second kappa shape index (κ2) is 6.91. The van der Waals surface area contributed by atoms with E-state index >= 15 is 0 Å². The van der Waals surface area contributed by atoms with Crippen molar-refractivity contribution in [2.75, 3.05) is 5.75 Å². The largest absolute Gasteiger partial charge is 0.392 e. The van der Waals surface area contributed by atoms with Gasteiger partial charge < -0.3 is 5.11 Å². The van der Waals surface area contributed by atoms with Crippen LogP contribution in [0.5, 0.6) is 0 Å². The summed E-state index contributed by atoms with van der Waals surface area (Å²) in [6, 6.07) is 8.08. The molecule has 0 amide bonds. The van der Waals surface area contributed by atoms with E-state index in [1.807, 2.05) is 30.0 Å². The fourth-order valence-electron chi connectivity index (χ4n) is 1.31. The Hall–Kier alpha value is -0.470. The fourth-order valence-corrected chi connectivity index (χ4v) is 2.37. The number of rotatable bonds is 6. The molecule has 0 aliphatic carbocycles. The molecule has 1 aromatic carbocycles. The maximum absolute atomic E-state index is 9.11. The predicted molar refractivity (Wildman–Crippen MR) is 62.6 cm³/mol. The Morgan fingerprint density at radius 2 is 2.00 bits per heavy atom. The Bertz CT molecular complexity index is 260. The summed E-state index contributed by atoms with van der Waals surface area (Å²) in [4.78, 5) is 1.23. The van der Waals surface area contributed by atoms with Crippen molar-refractivity contribution in [1.29, 1.82) is 0 Å². The van der Waals surface area contributed by atoms with Gasteiger partial charge in [-0.05, 0) is 23.8 Å². The molecule has 0 atom stereocenters. The van der Waals surface area contributed by atoms with Crippen LogP contribution in [0.15, 0.2) is 29.2 Å². The van der Waals surface area contributed by atoms with Gasteiger partial charge in [0, 0.05) is 4.90 Å². The molecule has 1 N–H and O–H groups in total. The first-order valence-corrected chi connectivity index (χ1v) is 6.18. The molecule has 0 fully saturated rings. The van der Waals surface area contributed by atoms with E-state index in [1.54, 1.807) is 0 Å². The first-order chi connectivity index (χ1) is 6.88. The molecular weight excluding hydrogens is 192 g/mol. The van der Waals surface area contributed by atoms with Crippen LogP contribution in [0, 0.1) is 0 Å². The van der Waals surface area contributed by atoms with Crippen LogP contribution < -0.4 is 0 Å². The van der Waals surface area contributed by atoms with Gasteiger partial charge in [0.05, 0.1) is 6.61 Å². The van der Waals surface area contributed by atoms with Gasteiger partial charge in [-0.25, -0.2) is 0 Å². The van der Waals surface area contributed by atoms with Crippen molar-refractivity contribution >= 4 is 11.8 Å². The molecule has 0 aliphatic heterocycles. The molecule has 0 unspecified atom stereocenters. The third-order valence-corrected chi connectivity index (χ3v) is 3.35. The minimum atomic E-state index is 0.150. The second-order valence-corrected chi connectivity index (χ2v) is 4.46. The van der Waals surface area contributed by atoms with Crippen molar-refractivity contribution in [3.05, 3.63) is 29.8 Å². The van der Waals surface area contributed by atoms with E-state index in [4.69, 9.17) is 5.11 Å². The first kappa shape index (κ1) is 11.6. The molecule has 1 nitrogen and oxygen atoms in total. The number of hydrogen-bond acceptors (Lipinski definition) is 2. The minimum absolute atomic E-state index is 0.150. The van der Waals surface area contributed by atoms with Crippen molar-refractivity contribution in [2.24, 2.45) is 0 Å². The van der Waals surface area contributed by atoms with E-state index in [1.165, 1.54) is 24.2 Å². The summed E-state index contributed by atoms with van der Waals surface area (Å²) < 4.78 is 0. The monoisotopic (exact) mass is 210 g/mol. The first-order valence-electron chi connectivity index (χ1n) is 5.20. The van der Waals surface area contributed by atoms with Crippen LogP contribution in [0.2, 0.25) is 0 Å². The molecular formula is C12H18OS. The summed E-state index contributed by atoms with van der Waals surface area (Å²) >= 11 is 1.85. The zero-order valence-electron chi connectivity index (χ0n) is 8.70. The number of aliphatic hydroxyl groups is 1. The van der Waals surface area contributed by atoms with Crippen LogP contribution in [-0.4, -0.2) is 10.9 Å². The third-order valence-electron chi connectivity index (χ3n) is 2.15. The molecule has 0 aromatic heterocycles. The Morgan fingerprint density at radius 1 is 1.21 bits per heavy atom. The lowest BCUT2D eigenvalue weighted by Crippen LogP contribution is -1.88. The van der Waals surface area contributed by atoms with E-state index in [2.05, 4.69) is 13.0 Å². The highest BCUT2D eigenvalue weighted by molar-refractivity contribution is 7.99. The number of unbranched alkanes of at least 4 members (excludes halogenated alkanes) is 2. The van der Waals surface area contributed by atoms with Gasteiger partial charge in [0.25, 0.3) is 0 Å². The highest BCUT2D eigenvalue weighted by Crippen LogP contribution is 2.23. The molecule has 14 heavy (non-hydrogen) atoms. The number of thioether (sulfide) groups is 1. The van der Waals surface area contributed by atoms with E-state index in [0.717, 1.165) is 11.3 Å². The van der Waals surface area contributed by atoms with Crippen molar-refractivity contribution in [2.45, 2.75) is 37.7 Å². The summed E-state index contributed by atoms with van der Waals surface area (Å²) in [6.45, 7) is 2.36. The van der Waals surface area contributed by atoms with Gasteiger partial charge in [0.15, 0.2) is 0 Å². The second-order valence-electron chi connectivity index (χ2n) is 3.32. The van der Waals surface area contributed by atoms with Crippen LogP contribution in [0.1, 0.15) is 31.7 Å². The van der Waals surface area contributed by atoms with E-state index in [-0.39, 0.29) is 6.61 Å². The Kier molecular flexibility index (Phi) is 5.72. The molecule has 0 saturated heterocycles. The Labute approximate surface area is 90.5 Å². The van der Waals surface area contributed by atoms with Gasteiger partial charge in [-0.3, -0.25) is 0 Å². The molecule has 78 valence electrons. The van der Waals surface area contributed by atoms with E-state index < -0.39 is 0 Å². The van der Waals surface area contributed by atoms with Gasteiger partial charge in [-0.15, -0.1) is 11.8 Å². The quantitative estimate of drug-likeness (QED) is 0.573. The summed E-state index contributed by atoms with van der Waals surface area (Å²) in [5.41, 5.74) is 1.05. The SMILES string of the molecule is CCCCCSc1ccccc1CO. The number of benzene rings is 1. The maximum atomic E-state index is 9.11. The van der Waals surface area contributed by atoms with Crippen LogP contribution in [0.3, 0.4) is 0 Å². The lowest BCUT2D eigenvalue weighted by atomic mass is 10.2. The maximum Gasteiger partial charge on any atom is 0.0692 e. The average molecular weight is 210 g/mol. The summed E-state index contributed by atoms with van der Waals surface area (Å²) in [6.07, 6.45) is 3.83. The Morgan fingerprint density at radius 3 is 2.71 bits per heavy atom. The highest BCUT2D eigenvalue weighted by Gasteiger charge is 1.99. The van der Waals surface area contributed by atoms with Crippen molar-refractivity contribution in [3.8, 4) is 0 Å². The zero-order valence-corrected chi connectivity index (χ0v) is 9.52. The topological polar surface area (TPSA) is 20.2 Å². The van der Waals surface area contributed by atoms with Gasteiger partial charge in [0.2, 0.25) is 0 Å². The van der Waals surface area contributed by atoms with Crippen LogP contribution in [-0.2, 0) is 6.61 Å². The van der Waals surface area contributed by atoms with Gasteiger partial charge in [-0.1, -0.05) is 38.0 Å². The predicted octanol–water partition coefficient (Wildman–Crippen LogP) is 3.46. The standard InChI is InChI=1S/C12H18OS/c1-2-3-6-9-14-12-8-5-4-7-11(12)10-13/h4-5,7-8,13H,2-3,6,9-10H2,1H3. The van der Waals surface area contributed by atoms with Crippen LogP contribution in [0.25, 0.3) is 0 Å². The van der Waals surface area contributed by atoms with Gasteiger partial charge in [0.1, 0.15) is 0 Å². The molecule has 0 heterocycles. The van der Waals surface area contributed by atoms with E-state index in [0.29, 0.717) is 0 Å². The van der Waals surface area contributed by atoms with Crippen molar-refractivity contribution in [1.82, 2.24) is 0 Å². The molecule has 0 spiro atoms. The summed E-state index contributed by atoms with van der Waals surface area (Å²) in [7, 11) is 0. The molecule has 0 saturated carbocycles. The molecule has 0 bridgehead atoms. The lowest BCUT2D eigenvalue weighted by molar-refractivity contribution is 0.279. The smallest absolute Gasteiger partial charge is 0.0692 e. The van der Waals surface area contributed by atoms with Gasteiger partial charge in [-0.2, -0.15) is 0 Å². The molecule has 1 aromatic rings. The normalized spacial score (nSPS) is 10.4. The fraction of sp³-hybridized carbons (Fsp3) is 0.500. The van der Waals surface area contributed by atoms with Gasteiger partial charge >= 0.3 is 0 Å². The average Bonchev–Trinajstić information content (AvgIpc) is 2.25. The summed E-state index contributed by atoms with van der Waals surface area (Å²) in [5, 5.41) is 9.11. The molecule has 1 rings (SSSR count). The molecule has 0 aliphatic rings. The summed E-state index contributed by atoms with van der Waals surface area (Å²) in [5.74, 6) is 1.16. The van der Waals surface area contributed by atoms with Crippen LogP contribution >= 0.6 is 11.8 Å². The zero-order chi connectivity index (χ0) is 10.2. The minimum Gasteiger partial charge on any atom is -0.392 e. The van der Waals surface area contributed by atoms with Crippen LogP contribution in [0.4, 0.5) is 0 Å². The lowest BCUT2D eigenvalue weighted by Gasteiger charge is -2.05. The molecule has 2 heteroatoms. The number of hydrogen-bond donors (Lipinski definition) is 1. The molecule has 0 radical (unpaired) electrons. The van der Waals surface area contributed by atoms with E-state index in [9.17, 15) is 0 Å². The Balaban J connectivity index is 2.41. The number of aliphatic hydroxyl groups excluding tert-OH is 1.